The third-order valence-electron chi connectivity index (χ3n) is 6.97. The van der Waals surface area contributed by atoms with Gasteiger partial charge in [0.25, 0.3) is 5.91 Å². The van der Waals surface area contributed by atoms with Crippen molar-refractivity contribution < 1.29 is 23.5 Å². The van der Waals surface area contributed by atoms with Crippen molar-refractivity contribution >= 4 is 39.5 Å². The molecule has 1 N–H and O–H groups in total. The molecule has 10 heteroatoms. The van der Waals surface area contributed by atoms with Crippen LogP contribution in [0.4, 0.5) is 9.18 Å². The fraction of sp³-hybridized carbons (Fsp3) is 0.448. The molecule has 2 aliphatic rings. The van der Waals surface area contributed by atoms with Crippen molar-refractivity contribution in [1.29, 1.82) is 0 Å². The number of carbonyl (C=O) groups is 3. The number of nitrogens with one attached hydrogen (secondary N) is 1. The van der Waals surface area contributed by atoms with Crippen LogP contribution in [0.5, 0.6) is 0 Å². The first-order valence-electron chi connectivity index (χ1n) is 13.0. The summed E-state index contributed by atoms with van der Waals surface area (Å²) in [5.41, 5.74) is 0.420. The van der Waals surface area contributed by atoms with Crippen molar-refractivity contribution in [3.05, 3.63) is 69.9 Å². The van der Waals surface area contributed by atoms with Crippen LogP contribution >= 0.6 is 15.9 Å². The normalized spacial score (nSPS) is 19.8. The van der Waals surface area contributed by atoms with Crippen molar-refractivity contribution in [1.82, 2.24) is 15.2 Å². The van der Waals surface area contributed by atoms with Gasteiger partial charge in [0, 0.05) is 31.0 Å². The summed E-state index contributed by atoms with van der Waals surface area (Å²) < 4.78 is 20.6. The van der Waals surface area contributed by atoms with E-state index in [-0.39, 0.29) is 37.0 Å². The lowest BCUT2D eigenvalue weighted by Crippen LogP contribution is -2.59. The average molecular weight is 602 g/mol. The van der Waals surface area contributed by atoms with Crippen molar-refractivity contribution in [3.8, 4) is 0 Å². The summed E-state index contributed by atoms with van der Waals surface area (Å²) in [6.07, 6.45) is 0.490. The summed E-state index contributed by atoms with van der Waals surface area (Å²) in [5, 5.41) is 8.57. The predicted molar refractivity (Wildman–Crippen MR) is 150 cm³/mol. The number of ether oxygens (including phenoxy) is 1. The number of hydrazone groups is 1. The monoisotopic (exact) mass is 600 g/mol. The largest absolute Gasteiger partial charge is 0.444 e. The van der Waals surface area contributed by atoms with Crippen LogP contribution in [0.3, 0.4) is 0 Å². The van der Waals surface area contributed by atoms with E-state index in [0.29, 0.717) is 24.9 Å². The van der Waals surface area contributed by atoms with E-state index >= 15 is 0 Å². The number of piperidine rings is 1. The van der Waals surface area contributed by atoms with Gasteiger partial charge in [-0.3, -0.25) is 9.59 Å². The topological polar surface area (TPSA) is 91.3 Å². The molecule has 0 aliphatic carbocycles. The molecule has 1 fully saturated rings. The van der Waals surface area contributed by atoms with Gasteiger partial charge in [0.1, 0.15) is 22.9 Å². The molecular formula is C29H34BrFN4O4. The van der Waals surface area contributed by atoms with Crippen LogP contribution in [-0.4, -0.2) is 65.3 Å². The second-order valence-electron chi connectivity index (χ2n) is 11.1. The van der Waals surface area contributed by atoms with Gasteiger partial charge < -0.3 is 15.0 Å². The Balaban J connectivity index is 1.58. The summed E-state index contributed by atoms with van der Waals surface area (Å²) in [4.78, 5) is 41.7. The quantitative estimate of drug-likeness (QED) is 0.498. The van der Waals surface area contributed by atoms with Gasteiger partial charge in [-0.2, -0.15) is 5.10 Å². The van der Waals surface area contributed by atoms with Gasteiger partial charge in [-0.25, -0.2) is 14.2 Å². The first-order chi connectivity index (χ1) is 18.4. The standard InChI is InChI=1S/C29H34BrFN4O4/c1-28(2,3)39-27(38)32-23(13-10-20-16-21(30)11-12-22(20)31)25(36)35-15-14-24-29(18-35,26(37)34(4)33-24)17-19-8-6-5-7-9-19/h5-9,11-12,16,23H,10,13-15,17-18H2,1-4H3,(H,32,38)/t23?,29-/m1/s1. The minimum absolute atomic E-state index is 0.139. The average Bonchev–Trinajstić information content (AvgIpc) is 3.11. The number of likely N-dealkylation sites (tertiary alicyclic amines) is 1. The molecule has 2 heterocycles. The Kier molecular flexibility index (Phi) is 8.44. The molecule has 0 saturated carbocycles. The molecule has 208 valence electrons. The number of hydrogen-bond donors (Lipinski definition) is 1. The van der Waals surface area contributed by atoms with Crippen molar-refractivity contribution in [3.63, 3.8) is 0 Å². The molecule has 0 bridgehead atoms. The smallest absolute Gasteiger partial charge is 0.408 e. The molecule has 2 atom stereocenters. The molecule has 39 heavy (non-hydrogen) atoms. The lowest BCUT2D eigenvalue weighted by Gasteiger charge is -2.40. The highest BCUT2D eigenvalue weighted by Gasteiger charge is 2.53. The number of hydrogen-bond acceptors (Lipinski definition) is 5. The van der Waals surface area contributed by atoms with Gasteiger partial charge in [0.05, 0.1) is 5.71 Å². The Morgan fingerprint density at radius 2 is 1.92 bits per heavy atom. The molecule has 2 aromatic carbocycles. The van der Waals surface area contributed by atoms with Crippen molar-refractivity contribution in [2.75, 3.05) is 20.1 Å². The number of alkyl carbamates (subject to hydrolysis) is 1. The highest BCUT2D eigenvalue weighted by molar-refractivity contribution is 9.10. The van der Waals surface area contributed by atoms with E-state index in [9.17, 15) is 18.8 Å². The van der Waals surface area contributed by atoms with Gasteiger partial charge in [-0.05, 0) is 69.4 Å². The number of nitrogens with zero attached hydrogens (tertiary/aromatic N) is 3. The number of amides is 3. The zero-order valence-electron chi connectivity index (χ0n) is 22.7. The third-order valence-corrected chi connectivity index (χ3v) is 7.46. The van der Waals surface area contributed by atoms with E-state index < -0.39 is 23.2 Å². The van der Waals surface area contributed by atoms with Crippen LogP contribution in [-0.2, 0) is 27.2 Å². The number of benzene rings is 2. The van der Waals surface area contributed by atoms with Crippen LogP contribution < -0.4 is 5.32 Å². The Bertz CT molecular complexity index is 1280. The molecule has 8 nitrogen and oxygen atoms in total. The summed E-state index contributed by atoms with van der Waals surface area (Å²) in [6, 6.07) is 13.3. The number of carbonyl (C=O) groups excluding carboxylic acids is 3. The highest BCUT2D eigenvalue weighted by atomic mass is 79.9. The second kappa shape index (κ2) is 11.5. The Morgan fingerprint density at radius 3 is 2.62 bits per heavy atom. The molecule has 0 spiro atoms. The van der Waals surface area contributed by atoms with Gasteiger partial charge in [0.15, 0.2) is 0 Å². The van der Waals surface area contributed by atoms with Gasteiger partial charge >= 0.3 is 6.09 Å². The van der Waals surface area contributed by atoms with Gasteiger partial charge in [-0.1, -0.05) is 46.3 Å². The lowest BCUT2D eigenvalue weighted by atomic mass is 9.73. The molecule has 1 saturated heterocycles. The fourth-order valence-electron chi connectivity index (χ4n) is 5.18. The Morgan fingerprint density at radius 1 is 1.21 bits per heavy atom. The van der Waals surface area contributed by atoms with Gasteiger partial charge in [0.2, 0.25) is 5.91 Å². The molecule has 0 aromatic heterocycles. The minimum atomic E-state index is -0.975. The number of rotatable bonds is 7. The number of aryl methyl sites for hydroxylation is 1. The van der Waals surface area contributed by atoms with Gasteiger partial charge in [-0.15, -0.1) is 0 Å². The summed E-state index contributed by atoms with van der Waals surface area (Å²) in [7, 11) is 1.63. The Hall–Kier alpha value is -3.27. The van der Waals surface area contributed by atoms with Crippen LogP contribution in [0.15, 0.2) is 58.1 Å². The van der Waals surface area contributed by atoms with E-state index in [0.717, 1.165) is 15.7 Å². The Labute approximate surface area is 236 Å². The molecular weight excluding hydrogens is 567 g/mol. The van der Waals surface area contributed by atoms with E-state index in [4.69, 9.17) is 4.74 Å². The van der Waals surface area contributed by atoms with Crippen LogP contribution in [0.1, 0.15) is 44.7 Å². The minimum Gasteiger partial charge on any atom is -0.444 e. The molecule has 4 rings (SSSR count). The summed E-state index contributed by atoms with van der Waals surface area (Å²) in [5.74, 6) is -0.890. The highest BCUT2D eigenvalue weighted by Crippen LogP contribution is 2.38. The predicted octanol–water partition coefficient (Wildman–Crippen LogP) is 4.70. The third kappa shape index (κ3) is 6.66. The van der Waals surface area contributed by atoms with E-state index in [1.54, 1.807) is 44.9 Å². The number of halogens is 2. The maximum atomic E-state index is 14.5. The maximum absolute atomic E-state index is 14.5. The van der Waals surface area contributed by atoms with Crippen LogP contribution in [0.2, 0.25) is 0 Å². The SMILES string of the molecule is CN1N=C2CCN(C(=O)C(CCc3cc(Br)ccc3F)NC(=O)OC(C)(C)C)C[C@@]2(Cc2ccccc2)C1=O. The first-order valence-corrected chi connectivity index (χ1v) is 13.8. The molecule has 3 amide bonds. The molecule has 1 unspecified atom stereocenters. The molecule has 2 aromatic rings. The fourth-order valence-corrected chi connectivity index (χ4v) is 5.59. The zero-order chi connectivity index (χ0) is 28.4. The van der Waals surface area contributed by atoms with Crippen LogP contribution in [0, 0.1) is 11.2 Å². The van der Waals surface area contributed by atoms with Crippen molar-refractivity contribution in [2.45, 2.75) is 58.1 Å². The van der Waals surface area contributed by atoms with E-state index in [2.05, 4.69) is 26.3 Å². The van der Waals surface area contributed by atoms with Crippen molar-refractivity contribution in [2.24, 2.45) is 10.5 Å². The first kappa shape index (κ1) is 28.7. The lowest BCUT2D eigenvalue weighted by molar-refractivity contribution is -0.140. The number of fused-ring (bicyclic) bond motifs is 1. The molecule has 0 radical (unpaired) electrons. The van der Waals surface area contributed by atoms with E-state index in [1.807, 2.05) is 30.3 Å². The maximum Gasteiger partial charge on any atom is 0.408 e. The van der Waals surface area contributed by atoms with Crippen LogP contribution in [0.25, 0.3) is 0 Å². The summed E-state index contributed by atoms with van der Waals surface area (Å²) >= 11 is 3.36. The second-order valence-corrected chi connectivity index (χ2v) is 12.0. The van der Waals surface area contributed by atoms with E-state index in [1.165, 1.54) is 11.1 Å². The molecule has 2 aliphatic heterocycles. The summed E-state index contributed by atoms with van der Waals surface area (Å²) in [6.45, 7) is 5.71. The zero-order valence-corrected chi connectivity index (χ0v) is 24.3.